The fraction of sp³-hybridized carbons (Fsp3) is 0.296. The van der Waals surface area contributed by atoms with Gasteiger partial charge in [-0.2, -0.15) is 0 Å². The molecule has 0 saturated heterocycles. The fourth-order valence-corrected chi connectivity index (χ4v) is 4.57. The molecule has 3 aromatic rings. The number of carbonyl (C=O) groups excluding carboxylic acids is 2. The SMILES string of the molecule is COc1cc2c(cc1OCCCC(=O)Nc1cc(C)n(C)c1)N=CC1Cc3ccccc3N1C2=O. The Balaban J connectivity index is 1.26. The number of aliphatic imine (C=N–C) groups is 1. The molecule has 5 rings (SSSR count). The number of methoxy groups -OCH3 is 1. The van der Waals surface area contributed by atoms with E-state index in [1.54, 1.807) is 24.1 Å². The molecule has 0 saturated carbocycles. The van der Waals surface area contributed by atoms with Gasteiger partial charge in [-0.25, -0.2) is 0 Å². The molecule has 8 nitrogen and oxygen atoms in total. The highest BCUT2D eigenvalue weighted by Crippen LogP contribution is 2.40. The molecule has 2 aliphatic rings. The van der Waals surface area contributed by atoms with Gasteiger partial charge in [-0.15, -0.1) is 0 Å². The van der Waals surface area contributed by atoms with Crippen LogP contribution in [0.25, 0.3) is 0 Å². The summed E-state index contributed by atoms with van der Waals surface area (Å²) in [6.07, 6.45) is 5.32. The van der Waals surface area contributed by atoms with Gasteiger partial charge in [0.15, 0.2) is 11.5 Å². The Morgan fingerprint density at radius 2 is 2.03 bits per heavy atom. The van der Waals surface area contributed by atoms with Gasteiger partial charge in [-0.3, -0.25) is 19.5 Å². The van der Waals surface area contributed by atoms with Gasteiger partial charge in [-0.1, -0.05) is 18.2 Å². The standard InChI is InChI=1S/C27H28N4O4/c1-17-11-19(16-30(17)2)29-26(32)9-6-10-35-25-14-22-21(13-24(25)34-3)27(33)31-20(15-28-22)12-18-7-4-5-8-23(18)31/h4-5,7-8,11,13-16,20H,6,9-10,12H2,1-3H3,(H,29,32). The van der Waals surface area contributed by atoms with Crippen LogP contribution in [0.4, 0.5) is 17.1 Å². The quantitative estimate of drug-likeness (QED) is 0.516. The van der Waals surface area contributed by atoms with Gasteiger partial charge in [0, 0.05) is 49.7 Å². The van der Waals surface area contributed by atoms with Crippen LogP contribution in [-0.4, -0.2) is 42.4 Å². The van der Waals surface area contributed by atoms with E-state index in [1.165, 1.54) is 0 Å². The van der Waals surface area contributed by atoms with Crippen molar-refractivity contribution in [2.24, 2.45) is 12.0 Å². The van der Waals surface area contributed by atoms with Crippen LogP contribution in [0.5, 0.6) is 11.5 Å². The molecule has 0 spiro atoms. The maximum absolute atomic E-state index is 13.5. The van der Waals surface area contributed by atoms with Gasteiger partial charge in [-0.05, 0) is 37.1 Å². The van der Waals surface area contributed by atoms with Crippen molar-refractivity contribution in [2.45, 2.75) is 32.2 Å². The Morgan fingerprint density at radius 1 is 1.20 bits per heavy atom. The predicted octanol–water partition coefficient (Wildman–Crippen LogP) is 4.43. The molecule has 0 radical (unpaired) electrons. The van der Waals surface area contributed by atoms with Crippen LogP contribution in [0.2, 0.25) is 0 Å². The summed E-state index contributed by atoms with van der Waals surface area (Å²) in [5.74, 6) is 0.787. The Labute approximate surface area is 204 Å². The number of hydrogen-bond acceptors (Lipinski definition) is 5. The number of carbonyl (C=O) groups is 2. The summed E-state index contributed by atoms with van der Waals surface area (Å²) in [5, 5.41) is 2.90. The molecular formula is C27H28N4O4. The second kappa shape index (κ2) is 9.29. The average Bonchev–Trinajstić information content (AvgIpc) is 3.34. The summed E-state index contributed by atoms with van der Waals surface area (Å²) in [5.41, 5.74) is 4.94. The van der Waals surface area contributed by atoms with Gasteiger partial charge in [0.2, 0.25) is 5.91 Å². The highest BCUT2D eigenvalue weighted by Gasteiger charge is 2.36. The number of nitrogens with zero attached hydrogens (tertiary/aromatic N) is 3. The molecule has 1 N–H and O–H groups in total. The first-order valence-corrected chi connectivity index (χ1v) is 11.7. The van der Waals surface area contributed by atoms with E-state index in [-0.39, 0.29) is 17.9 Å². The molecule has 1 unspecified atom stereocenters. The average molecular weight is 473 g/mol. The smallest absolute Gasteiger partial charge is 0.261 e. The number of ether oxygens (including phenoxy) is 2. The maximum Gasteiger partial charge on any atom is 0.261 e. The Bertz CT molecular complexity index is 1310. The van der Waals surface area contributed by atoms with Crippen molar-refractivity contribution in [2.75, 3.05) is 23.9 Å². The van der Waals surface area contributed by atoms with E-state index in [9.17, 15) is 9.59 Å². The van der Waals surface area contributed by atoms with E-state index < -0.39 is 0 Å². The Kier molecular flexibility index (Phi) is 6.03. The fourth-order valence-electron chi connectivity index (χ4n) is 4.57. The van der Waals surface area contributed by atoms with Crippen LogP contribution < -0.4 is 19.7 Å². The minimum absolute atomic E-state index is 0.0656. The highest BCUT2D eigenvalue weighted by molar-refractivity contribution is 6.14. The first-order chi connectivity index (χ1) is 16.9. The molecule has 1 atom stereocenters. The molecule has 1 aromatic heterocycles. The first-order valence-electron chi connectivity index (χ1n) is 11.7. The molecule has 0 bridgehead atoms. The number of fused-ring (bicyclic) bond motifs is 4. The van der Waals surface area contributed by atoms with Crippen molar-refractivity contribution in [3.8, 4) is 11.5 Å². The summed E-state index contributed by atoms with van der Waals surface area (Å²) in [4.78, 5) is 32.2. The lowest BCUT2D eigenvalue weighted by molar-refractivity contribution is -0.116. The summed E-state index contributed by atoms with van der Waals surface area (Å²) in [7, 11) is 3.48. The predicted molar refractivity (Wildman–Crippen MR) is 135 cm³/mol. The number of anilines is 2. The maximum atomic E-state index is 13.5. The monoisotopic (exact) mass is 472 g/mol. The van der Waals surface area contributed by atoms with Crippen molar-refractivity contribution in [1.29, 1.82) is 0 Å². The molecular weight excluding hydrogens is 444 g/mol. The van der Waals surface area contributed by atoms with Crippen LogP contribution in [-0.2, 0) is 18.3 Å². The topological polar surface area (TPSA) is 85.2 Å². The molecule has 0 fully saturated rings. The van der Waals surface area contributed by atoms with Crippen LogP contribution in [0.1, 0.15) is 34.5 Å². The van der Waals surface area contributed by atoms with E-state index in [2.05, 4.69) is 10.3 Å². The second-order valence-corrected chi connectivity index (χ2v) is 8.85. The van der Waals surface area contributed by atoms with E-state index in [0.29, 0.717) is 42.2 Å². The molecule has 2 amide bonds. The molecule has 2 aliphatic heterocycles. The summed E-state index contributed by atoms with van der Waals surface area (Å²) in [6.45, 7) is 2.31. The number of para-hydroxylation sites is 1. The molecule has 2 aromatic carbocycles. The van der Waals surface area contributed by atoms with Crippen molar-refractivity contribution in [1.82, 2.24) is 4.57 Å². The largest absolute Gasteiger partial charge is 0.493 e. The highest BCUT2D eigenvalue weighted by atomic mass is 16.5. The van der Waals surface area contributed by atoms with E-state index >= 15 is 0 Å². The molecule has 3 heterocycles. The molecule has 35 heavy (non-hydrogen) atoms. The van der Waals surface area contributed by atoms with Crippen LogP contribution in [0, 0.1) is 6.92 Å². The van der Waals surface area contributed by atoms with Crippen molar-refractivity contribution in [3.05, 3.63) is 65.5 Å². The number of aryl methyl sites for hydroxylation is 2. The molecule has 0 aliphatic carbocycles. The number of amides is 2. The molecule has 8 heteroatoms. The zero-order valence-electron chi connectivity index (χ0n) is 20.1. The van der Waals surface area contributed by atoms with Crippen molar-refractivity contribution >= 4 is 35.1 Å². The zero-order valence-corrected chi connectivity index (χ0v) is 20.1. The summed E-state index contributed by atoms with van der Waals surface area (Å²) >= 11 is 0. The van der Waals surface area contributed by atoms with Gasteiger partial charge in [0.25, 0.3) is 5.91 Å². The van der Waals surface area contributed by atoms with Crippen molar-refractivity contribution < 1.29 is 19.1 Å². The Morgan fingerprint density at radius 3 is 2.80 bits per heavy atom. The van der Waals surface area contributed by atoms with Crippen LogP contribution >= 0.6 is 0 Å². The number of nitrogens with one attached hydrogen (secondary N) is 1. The van der Waals surface area contributed by atoms with E-state index in [1.807, 2.05) is 61.3 Å². The number of hydrogen-bond donors (Lipinski definition) is 1. The number of aromatic nitrogens is 1. The van der Waals surface area contributed by atoms with Gasteiger partial charge >= 0.3 is 0 Å². The van der Waals surface area contributed by atoms with E-state index in [4.69, 9.17) is 9.47 Å². The summed E-state index contributed by atoms with van der Waals surface area (Å²) < 4.78 is 13.4. The minimum Gasteiger partial charge on any atom is -0.493 e. The molecule has 180 valence electrons. The second-order valence-electron chi connectivity index (χ2n) is 8.85. The first kappa shape index (κ1) is 22.7. The minimum atomic E-state index is -0.116. The lowest BCUT2D eigenvalue weighted by atomic mass is 10.1. The lowest BCUT2D eigenvalue weighted by Gasteiger charge is -2.22. The third-order valence-electron chi connectivity index (χ3n) is 6.47. The van der Waals surface area contributed by atoms with Gasteiger partial charge in [0.1, 0.15) is 0 Å². The van der Waals surface area contributed by atoms with Crippen LogP contribution in [0.15, 0.2) is 53.7 Å². The van der Waals surface area contributed by atoms with Gasteiger partial charge < -0.3 is 19.4 Å². The summed E-state index contributed by atoms with van der Waals surface area (Å²) in [6, 6.07) is 13.2. The number of benzene rings is 2. The van der Waals surface area contributed by atoms with Crippen LogP contribution in [0.3, 0.4) is 0 Å². The third kappa shape index (κ3) is 4.39. The Hall–Kier alpha value is -4.07. The zero-order chi connectivity index (χ0) is 24.5. The number of rotatable bonds is 7. The van der Waals surface area contributed by atoms with Gasteiger partial charge in [0.05, 0.1) is 36.7 Å². The lowest BCUT2D eigenvalue weighted by Crippen LogP contribution is -2.37. The van der Waals surface area contributed by atoms with Crippen molar-refractivity contribution in [3.63, 3.8) is 0 Å². The normalized spacial score (nSPS) is 15.8. The van der Waals surface area contributed by atoms with E-state index in [0.717, 1.165) is 29.1 Å². The third-order valence-corrected chi connectivity index (χ3v) is 6.47.